The van der Waals surface area contributed by atoms with Gasteiger partial charge in [0.1, 0.15) is 16.6 Å². The molecule has 192 valence electrons. The zero-order chi connectivity index (χ0) is 24.7. The molecule has 9 nitrogen and oxygen atoms in total. The lowest BCUT2D eigenvalue weighted by atomic mass is 9.91. The van der Waals surface area contributed by atoms with Gasteiger partial charge in [-0.3, -0.25) is 9.69 Å². The molecule has 1 amide bonds. The number of aromatic amines is 1. The maximum atomic E-state index is 12.4. The zero-order valence-electron chi connectivity index (χ0n) is 20.4. The van der Waals surface area contributed by atoms with Crippen LogP contribution < -0.4 is 16.0 Å². The summed E-state index contributed by atoms with van der Waals surface area (Å²) in [5, 5.41) is 11.5. The van der Waals surface area contributed by atoms with E-state index in [9.17, 15) is 4.79 Å². The largest absolute Gasteiger partial charge is 0.379 e. The van der Waals surface area contributed by atoms with Crippen LogP contribution in [0.25, 0.3) is 22.2 Å². The van der Waals surface area contributed by atoms with Gasteiger partial charge in [-0.15, -0.1) is 0 Å². The highest BCUT2D eigenvalue weighted by molar-refractivity contribution is 6.29. The number of nitrogens with zero attached hydrogens (tertiary/aromatic N) is 3. The molecule has 0 bridgehead atoms. The number of fused-ring (bicyclic) bond motifs is 1. The Balaban J connectivity index is 1.07. The van der Waals surface area contributed by atoms with Gasteiger partial charge in [0.25, 0.3) is 0 Å². The van der Waals surface area contributed by atoms with E-state index in [-0.39, 0.29) is 11.9 Å². The summed E-state index contributed by atoms with van der Waals surface area (Å²) in [6.07, 6.45) is 7.55. The Bertz CT molecular complexity index is 1160. The van der Waals surface area contributed by atoms with Crippen LogP contribution in [-0.4, -0.2) is 83.8 Å². The van der Waals surface area contributed by atoms with Crippen LogP contribution in [0.2, 0.25) is 5.15 Å². The molecule has 1 aliphatic heterocycles. The summed E-state index contributed by atoms with van der Waals surface area (Å²) in [5.41, 5.74) is 2.90. The van der Waals surface area contributed by atoms with Gasteiger partial charge in [-0.2, -0.15) is 0 Å². The van der Waals surface area contributed by atoms with Gasteiger partial charge in [0, 0.05) is 61.6 Å². The van der Waals surface area contributed by atoms with E-state index < -0.39 is 0 Å². The minimum atomic E-state index is 0.0720. The van der Waals surface area contributed by atoms with E-state index in [1.54, 1.807) is 6.20 Å². The van der Waals surface area contributed by atoms with Crippen molar-refractivity contribution >= 4 is 34.4 Å². The lowest BCUT2D eigenvalue weighted by Gasteiger charge is -2.30. The molecule has 10 heteroatoms. The zero-order valence-corrected chi connectivity index (χ0v) is 21.2. The average Bonchev–Trinajstić information content (AvgIpc) is 3.32. The molecule has 36 heavy (non-hydrogen) atoms. The monoisotopic (exact) mass is 511 g/mol. The number of rotatable bonds is 9. The Labute approximate surface area is 216 Å². The lowest BCUT2D eigenvalue weighted by Crippen LogP contribution is -2.45. The van der Waals surface area contributed by atoms with Crippen molar-refractivity contribution in [1.82, 2.24) is 30.5 Å². The minimum absolute atomic E-state index is 0.0720. The lowest BCUT2D eigenvalue weighted by molar-refractivity contribution is -0.121. The Hall–Kier alpha value is -2.72. The van der Waals surface area contributed by atoms with Crippen LogP contribution in [0.4, 0.5) is 5.82 Å². The summed E-state index contributed by atoms with van der Waals surface area (Å²) >= 11 is 6.37. The molecule has 0 unspecified atom stereocenters. The number of hydrogen-bond acceptors (Lipinski definition) is 7. The summed E-state index contributed by atoms with van der Waals surface area (Å²) in [7, 11) is 0. The van der Waals surface area contributed by atoms with Gasteiger partial charge in [0.05, 0.1) is 19.8 Å². The van der Waals surface area contributed by atoms with E-state index in [1.807, 2.05) is 30.5 Å². The third-order valence-electron chi connectivity index (χ3n) is 6.99. The molecule has 0 spiro atoms. The first-order valence-electron chi connectivity index (χ1n) is 12.8. The van der Waals surface area contributed by atoms with E-state index in [0.717, 1.165) is 93.1 Å². The minimum Gasteiger partial charge on any atom is -0.379 e. The Morgan fingerprint density at radius 3 is 2.81 bits per heavy atom. The number of nitrogens with one attached hydrogen (secondary N) is 4. The van der Waals surface area contributed by atoms with Gasteiger partial charge in [-0.1, -0.05) is 11.6 Å². The van der Waals surface area contributed by atoms with Crippen molar-refractivity contribution in [2.75, 3.05) is 51.3 Å². The van der Waals surface area contributed by atoms with Crippen molar-refractivity contribution in [2.24, 2.45) is 0 Å². The fourth-order valence-electron chi connectivity index (χ4n) is 5.05. The topological polar surface area (TPSA) is 107 Å². The molecule has 4 N–H and O–H groups in total. The number of morpholine rings is 1. The third-order valence-corrected chi connectivity index (χ3v) is 7.19. The van der Waals surface area contributed by atoms with Gasteiger partial charge in [-0.05, 0) is 55.5 Å². The highest BCUT2D eigenvalue weighted by atomic mass is 35.5. The van der Waals surface area contributed by atoms with Gasteiger partial charge >= 0.3 is 0 Å². The number of amides is 1. The number of aromatic nitrogens is 3. The van der Waals surface area contributed by atoms with E-state index in [4.69, 9.17) is 16.3 Å². The van der Waals surface area contributed by atoms with Crippen LogP contribution in [0.15, 0.2) is 36.7 Å². The van der Waals surface area contributed by atoms with Crippen molar-refractivity contribution in [3.63, 3.8) is 0 Å². The number of ether oxygens (including phenoxy) is 1. The van der Waals surface area contributed by atoms with E-state index in [1.165, 1.54) is 0 Å². The molecule has 4 heterocycles. The highest BCUT2D eigenvalue weighted by Crippen LogP contribution is 2.31. The molecule has 0 radical (unpaired) electrons. The second-order valence-corrected chi connectivity index (χ2v) is 9.94. The van der Waals surface area contributed by atoms with Crippen LogP contribution in [-0.2, 0) is 9.53 Å². The first-order valence-corrected chi connectivity index (χ1v) is 13.2. The van der Waals surface area contributed by atoms with Crippen LogP contribution >= 0.6 is 11.6 Å². The van der Waals surface area contributed by atoms with Crippen LogP contribution in [0.1, 0.15) is 25.7 Å². The van der Waals surface area contributed by atoms with Crippen molar-refractivity contribution in [2.45, 2.75) is 37.8 Å². The van der Waals surface area contributed by atoms with Gasteiger partial charge in [-0.25, -0.2) is 9.97 Å². The normalized spacial score (nSPS) is 20.9. The van der Waals surface area contributed by atoms with Crippen molar-refractivity contribution < 1.29 is 9.53 Å². The smallest absolute Gasteiger partial charge is 0.234 e. The summed E-state index contributed by atoms with van der Waals surface area (Å²) in [6, 6.07) is 8.42. The second kappa shape index (κ2) is 12.0. The summed E-state index contributed by atoms with van der Waals surface area (Å²) < 4.78 is 5.37. The van der Waals surface area contributed by atoms with E-state index in [2.05, 4.69) is 35.8 Å². The molecular weight excluding hydrogens is 478 g/mol. The summed E-state index contributed by atoms with van der Waals surface area (Å²) in [5.74, 6) is 0.843. The van der Waals surface area contributed by atoms with Gasteiger partial charge in [0.2, 0.25) is 5.91 Å². The molecular formula is C26H34ClN7O2. The van der Waals surface area contributed by atoms with Crippen molar-refractivity contribution in [3.8, 4) is 11.1 Å². The number of anilines is 1. The molecule has 0 atom stereocenters. The predicted octanol–water partition coefficient (Wildman–Crippen LogP) is 3.04. The first kappa shape index (κ1) is 25.0. The number of halogens is 1. The molecule has 5 rings (SSSR count). The number of pyridine rings is 2. The van der Waals surface area contributed by atoms with Crippen LogP contribution in [0.5, 0.6) is 0 Å². The van der Waals surface area contributed by atoms with E-state index >= 15 is 0 Å². The second-order valence-electron chi connectivity index (χ2n) is 9.56. The standard InChI is InChI=1S/C26H34ClN7O2/c27-23-14-18(22-16-30-26-21(22)2-1-7-29-26)15-24(33-23)31-19-3-5-20(6-4-19)32-25(35)17-28-8-9-34-10-12-36-13-11-34/h1-2,7,14-16,19-20,28H,3-6,8-13,17H2,(H,29,30)(H,31,33)(H,32,35). The fourth-order valence-corrected chi connectivity index (χ4v) is 5.26. The quantitative estimate of drug-likeness (QED) is 0.258. The Kier molecular flexibility index (Phi) is 8.32. The number of hydrogen-bond donors (Lipinski definition) is 4. The van der Waals surface area contributed by atoms with Crippen molar-refractivity contribution in [1.29, 1.82) is 0 Å². The fraction of sp³-hybridized carbons (Fsp3) is 0.500. The molecule has 1 saturated carbocycles. The number of carbonyl (C=O) groups excluding carboxylic acids is 1. The summed E-state index contributed by atoms with van der Waals surface area (Å²) in [6.45, 7) is 5.66. The number of carbonyl (C=O) groups is 1. The molecule has 0 aromatic carbocycles. The molecule has 1 aliphatic carbocycles. The summed E-state index contributed by atoms with van der Waals surface area (Å²) in [4.78, 5) is 26.8. The molecule has 3 aromatic rings. The molecule has 2 fully saturated rings. The van der Waals surface area contributed by atoms with Gasteiger partial charge in [0.15, 0.2) is 0 Å². The maximum absolute atomic E-state index is 12.4. The third kappa shape index (κ3) is 6.53. The Morgan fingerprint density at radius 1 is 1.17 bits per heavy atom. The predicted molar refractivity (Wildman–Crippen MR) is 142 cm³/mol. The molecule has 3 aromatic heterocycles. The highest BCUT2D eigenvalue weighted by Gasteiger charge is 2.23. The van der Waals surface area contributed by atoms with Crippen LogP contribution in [0.3, 0.4) is 0 Å². The van der Waals surface area contributed by atoms with E-state index in [0.29, 0.717) is 17.7 Å². The van der Waals surface area contributed by atoms with Gasteiger partial charge < -0.3 is 25.7 Å². The Morgan fingerprint density at radius 2 is 1.97 bits per heavy atom. The maximum Gasteiger partial charge on any atom is 0.234 e. The molecule has 1 saturated heterocycles. The number of H-pyrrole nitrogens is 1. The van der Waals surface area contributed by atoms with Crippen LogP contribution in [0, 0.1) is 0 Å². The first-order chi connectivity index (χ1) is 17.6. The SMILES string of the molecule is O=C(CNCCN1CCOCC1)NC1CCC(Nc2cc(-c3c[nH]c4ncccc34)cc(Cl)n2)CC1. The van der Waals surface area contributed by atoms with Crippen molar-refractivity contribution in [3.05, 3.63) is 41.8 Å². The average molecular weight is 512 g/mol. The molecule has 2 aliphatic rings.